The number of benzene rings is 1. The summed E-state index contributed by atoms with van der Waals surface area (Å²) in [6, 6.07) is 14.1. The molecule has 0 saturated carbocycles. The highest BCUT2D eigenvalue weighted by Crippen LogP contribution is 2.25. The second kappa shape index (κ2) is 4.52. The van der Waals surface area contributed by atoms with Crippen LogP contribution in [-0.2, 0) is 0 Å². The molecule has 4 heteroatoms. The van der Waals surface area contributed by atoms with Crippen molar-refractivity contribution >= 4 is 21.6 Å². The van der Waals surface area contributed by atoms with Crippen molar-refractivity contribution in [3.05, 3.63) is 58.3 Å². The highest BCUT2D eigenvalue weighted by molar-refractivity contribution is 9.10. The zero-order valence-corrected chi connectivity index (χ0v) is 11.8. The maximum absolute atomic E-state index is 9.39. The fraction of sp³-hybridized carbons (Fsp3) is 0.0667. The van der Waals surface area contributed by atoms with Crippen molar-refractivity contribution in [1.29, 1.82) is 5.26 Å². The minimum Gasteiger partial charge on any atom is -0.290 e. The molecule has 2 heterocycles. The molecule has 0 unspecified atom stereocenters. The van der Waals surface area contributed by atoms with Crippen LogP contribution >= 0.6 is 15.9 Å². The molecule has 0 fully saturated rings. The van der Waals surface area contributed by atoms with Gasteiger partial charge in [0.25, 0.3) is 0 Å². The molecule has 92 valence electrons. The van der Waals surface area contributed by atoms with Gasteiger partial charge in [0.05, 0.1) is 0 Å². The van der Waals surface area contributed by atoms with Gasteiger partial charge in [-0.1, -0.05) is 29.8 Å². The van der Waals surface area contributed by atoms with Gasteiger partial charge in [-0.25, -0.2) is 4.98 Å². The SMILES string of the molecule is Cc1ccc(-c2nc3ccc(Br)cn3c2C#N)cc1. The first-order chi connectivity index (χ1) is 9.19. The van der Waals surface area contributed by atoms with Crippen LogP contribution < -0.4 is 0 Å². The van der Waals surface area contributed by atoms with Crippen LogP contribution in [0.15, 0.2) is 47.1 Å². The quantitative estimate of drug-likeness (QED) is 0.683. The highest BCUT2D eigenvalue weighted by atomic mass is 79.9. The molecular weight excluding hydrogens is 302 g/mol. The summed E-state index contributed by atoms with van der Waals surface area (Å²) < 4.78 is 2.73. The number of hydrogen-bond donors (Lipinski definition) is 0. The van der Waals surface area contributed by atoms with Gasteiger partial charge in [-0.05, 0) is 35.0 Å². The summed E-state index contributed by atoms with van der Waals surface area (Å²) in [7, 11) is 0. The number of fused-ring (bicyclic) bond motifs is 1. The first-order valence-electron chi connectivity index (χ1n) is 5.84. The maximum Gasteiger partial charge on any atom is 0.152 e. The third-order valence-corrected chi connectivity index (χ3v) is 3.48. The van der Waals surface area contributed by atoms with Crippen molar-refractivity contribution in [3.63, 3.8) is 0 Å². The smallest absolute Gasteiger partial charge is 0.152 e. The number of hydrogen-bond acceptors (Lipinski definition) is 2. The van der Waals surface area contributed by atoms with Crippen molar-refractivity contribution in [2.75, 3.05) is 0 Å². The molecule has 1 aromatic carbocycles. The molecule has 0 saturated heterocycles. The maximum atomic E-state index is 9.39. The van der Waals surface area contributed by atoms with E-state index in [2.05, 4.69) is 27.0 Å². The average molecular weight is 312 g/mol. The van der Waals surface area contributed by atoms with Gasteiger partial charge in [0.1, 0.15) is 17.4 Å². The van der Waals surface area contributed by atoms with Crippen molar-refractivity contribution in [2.24, 2.45) is 0 Å². The molecule has 0 aliphatic rings. The summed E-state index contributed by atoms with van der Waals surface area (Å²) in [5, 5.41) is 9.39. The number of pyridine rings is 1. The molecule has 0 bridgehead atoms. The Morgan fingerprint density at radius 2 is 1.89 bits per heavy atom. The summed E-state index contributed by atoms with van der Waals surface area (Å²) in [5.74, 6) is 0. The number of aryl methyl sites for hydroxylation is 1. The Kier molecular flexibility index (Phi) is 2.84. The standard InChI is InChI=1S/C15H10BrN3/c1-10-2-4-11(5-3-10)15-13(8-17)19-9-12(16)6-7-14(19)18-15/h2-7,9H,1H3. The molecule has 0 amide bonds. The number of imidazole rings is 1. The van der Waals surface area contributed by atoms with Gasteiger partial charge < -0.3 is 0 Å². The first kappa shape index (κ1) is 11.9. The summed E-state index contributed by atoms with van der Waals surface area (Å²) in [5.41, 5.74) is 4.20. The van der Waals surface area contributed by atoms with E-state index in [-0.39, 0.29) is 0 Å². The van der Waals surface area contributed by atoms with Gasteiger partial charge in [0.2, 0.25) is 0 Å². The summed E-state index contributed by atoms with van der Waals surface area (Å²) in [4.78, 5) is 4.54. The highest BCUT2D eigenvalue weighted by Gasteiger charge is 2.13. The van der Waals surface area contributed by atoms with Crippen molar-refractivity contribution in [3.8, 4) is 17.3 Å². The molecule has 2 aromatic heterocycles. The molecule has 0 spiro atoms. The van der Waals surface area contributed by atoms with Gasteiger partial charge in [-0.2, -0.15) is 5.26 Å². The Morgan fingerprint density at radius 3 is 2.58 bits per heavy atom. The van der Waals surface area contributed by atoms with E-state index in [0.717, 1.165) is 21.4 Å². The minimum atomic E-state index is 0.556. The van der Waals surface area contributed by atoms with Crippen LogP contribution in [-0.4, -0.2) is 9.38 Å². The van der Waals surface area contributed by atoms with Crippen LogP contribution in [0.5, 0.6) is 0 Å². The Balaban J connectivity index is 2.29. The zero-order valence-electron chi connectivity index (χ0n) is 10.3. The largest absolute Gasteiger partial charge is 0.290 e. The van der Waals surface area contributed by atoms with Gasteiger partial charge in [0.15, 0.2) is 5.69 Å². The van der Waals surface area contributed by atoms with E-state index in [1.807, 2.05) is 49.5 Å². The van der Waals surface area contributed by atoms with E-state index in [0.29, 0.717) is 5.69 Å². The number of halogens is 1. The molecule has 3 rings (SSSR count). The lowest BCUT2D eigenvalue weighted by Crippen LogP contribution is -1.88. The number of nitriles is 1. The molecule has 0 atom stereocenters. The van der Waals surface area contributed by atoms with E-state index < -0.39 is 0 Å². The third-order valence-electron chi connectivity index (χ3n) is 3.01. The van der Waals surface area contributed by atoms with Crippen LogP contribution in [0.25, 0.3) is 16.9 Å². The fourth-order valence-corrected chi connectivity index (χ4v) is 2.38. The van der Waals surface area contributed by atoms with E-state index in [4.69, 9.17) is 0 Å². The van der Waals surface area contributed by atoms with Crippen LogP contribution in [0.2, 0.25) is 0 Å². The van der Waals surface area contributed by atoms with Crippen LogP contribution in [0, 0.1) is 18.3 Å². The van der Waals surface area contributed by atoms with Gasteiger partial charge in [-0.15, -0.1) is 0 Å². The summed E-state index contributed by atoms with van der Waals surface area (Å²) in [6.45, 7) is 2.04. The molecule has 19 heavy (non-hydrogen) atoms. The Hall–Kier alpha value is -2.12. The van der Waals surface area contributed by atoms with Gasteiger partial charge in [0, 0.05) is 16.2 Å². The predicted octanol–water partition coefficient (Wildman–Crippen LogP) is 3.94. The molecule has 0 aliphatic carbocycles. The van der Waals surface area contributed by atoms with Crippen LogP contribution in [0.3, 0.4) is 0 Å². The van der Waals surface area contributed by atoms with Gasteiger partial charge in [-0.3, -0.25) is 4.40 Å². The van der Waals surface area contributed by atoms with Crippen LogP contribution in [0.1, 0.15) is 11.3 Å². The minimum absolute atomic E-state index is 0.556. The van der Waals surface area contributed by atoms with E-state index in [1.165, 1.54) is 5.56 Å². The van der Waals surface area contributed by atoms with Crippen LogP contribution in [0.4, 0.5) is 0 Å². The number of aromatic nitrogens is 2. The summed E-state index contributed by atoms with van der Waals surface area (Å²) in [6.07, 6.45) is 1.86. The topological polar surface area (TPSA) is 41.1 Å². The lowest BCUT2D eigenvalue weighted by Gasteiger charge is -1.98. The first-order valence-corrected chi connectivity index (χ1v) is 6.63. The molecule has 3 aromatic rings. The fourth-order valence-electron chi connectivity index (χ4n) is 2.04. The molecular formula is C15H10BrN3. The lowest BCUT2D eigenvalue weighted by molar-refractivity contribution is 1.14. The normalized spacial score (nSPS) is 10.6. The molecule has 0 aliphatic heterocycles. The second-order valence-corrected chi connectivity index (χ2v) is 5.28. The second-order valence-electron chi connectivity index (χ2n) is 4.36. The molecule has 0 N–H and O–H groups in total. The molecule has 3 nitrogen and oxygen atoms in total. The number of nitrogens with zero attached hydrogens (tertiary/aromatic N) is 3. The third kappa shape index (κ3) is 2.02. The summed E-state index contributed by atoms with van der Waals surface area (Å²) >= 11 is 3.41. The van der Waals surface area contributed by atoms with Crippen molar-refractivity contribution in [1.82, 2.24) is 9.38 Å². The van der Waals surface area contributed by atoms with E-state index >= 15 is 0 Å². The Labute approximate surface area is 119 Å². The monoisotopic (exact) mass is 311 g/mol. The van der Waals surface area contributed by atoms with E-state index in [9.17, 15) is 5.26 Å². The lowest BCUT2D eigenvalue weighted by atomic mass is 10.1. The van der Waals surface area contributed by atoms with E-state index in [1.54, 1.807) is 4.40 Å². The van der Waals surface area contributed by atoms with Crippen molar-refractivity contribution in [2.45, 2.75) is 6.92 Å². The average Bonchev–Trinajstić information content (AvgIpc) is 2.77. The van der Waals surface area contributed by atoms with Crippen molar-refractivity contribution < 1.29 is 0 Å². The Bertz CT molecular complexity index is 795. The zero-order chi connectivity index (χ0) is 13.4. The molecule has 0 radical (unpaired) electrons. The predicted molar refractivity (Wildman–Crippen MR) is 77.8 cm³/mol. The van der Waals surface area contributed by atoms with Gasteiger partial charge >= 0.3 is 0 Å². The Morgan fingerprint density at radius 1 is 1.16 bits per heavy atom. The number of rotatable bonds is 1.